The Labute approximate surface area is 122 Å². The Kier molecular flexibility index (Phi) is 5.10. The minimum absolute atomic E-state index is 0.00336. The van der Waals surface area contributed by atoms with Crippen LogP contribution in [0.4, 0.5) is 0 Å². The summed E-state index contributed by atoms with van der Waals surface area (Å²) in [6, 6.07) is -0.00336. The first-order valence-electron chi connectivity index (χ1n) is 7.52. The highest BCUT2D eigenvalue weighted by atomic mass is 32.2. The van der Waals surface area contributed by atoms with Gasteiger partial charge < -0.3 is 14.8 Å². The van der Waals surface area contributed by atoms with Crippen molar-refractivity contribution in [1.82, 2.24) is 5.32 Å². The number of hydrogen-bond donors (Lipinski definition) is 1. The zero-order valence-corrected chi connectivity index (χ0v) is 13.5. The molecule has 2 aliphatic rings. The molecule has 0 aromatic heterocycles. The van der Waals surface area contributed by atoms with Gasteiger partial charge in [0.15, 0.2) is 9.84 Å². The Morgan fingerprint density at radius 2 is 2.15 bits per heavy atom. The molecule has 6 heteroatoms. The highest BCUT2D eigenvalue weighted by Crippen LogP contribution is 2.38. The first-order chi connectivity index (χ1) is 9.38. The predicted molar refractivity (Wildman–Crippen MR) is 78.6 cm³/mol. The maximum Gasteiger partial charge on any atom is 0.151 e. The molecule has 0 radical (unpaired) electrons. The Bertz CT molecular complexity index is 417. The van der Waals surface area contributed by atoms with Gasteiger partial charge in [-0.3, -0.25) is 0 Å². The van der Waals surface area contributed by atoms with Crippen molar-refractivity contribution >= 4 is 9.84 Å². The molecule has 5 nitrogen and oxygen atoms in total. The standard InChI is InChI=1S/C14H27NO4S/c1-4-15-13(11(2)20(3,16)17)12-5-7-19-14(9-12)6-8-18-10-14/h11-13,15H,4-10H2,1-3H3. The van der Waals surface area contributed by atoms with Crippen LogP contribution in [-0.2, 0) is 19.3 Å². The maximum absolute atomic E-state index is 11.9. The Morgan fingerprint density at radius 1 is 1.40 bits per heavy atom. The van der Waals surface area contributed by atoms with Crippen LogP contribution in [0.2, 0.25) is 0 Å². The van der Waals surface area contributed by atoms with Gasteiger partial charge in [0.2, 0.25) is 0 Å². The van der Waals surface area contributed by atoms with Crippen molar-refractivity contribution in [2.24, 2.45) is 5.92 Å². The molecule has 2 saturated heterocycles. The van der Waals surface area contributed by atoms with Crippen molar-refractivity contribution in [3.8, 4) is 0 Å². The van der Waals surface area contributed by atoms with Crippen LogP contribution in [0.5, 0.6) is 0 Å². The van der Waals surface area contributed by atoms with Crippen LogP contribution in [0.1, 0.15) is 33.1 Å². The van der Waals surface area contributed by atoms with Gasteiger partial charge in [-0.1, -0.05) is 6.92 Å². The number of nitrogens with one attached hydrogen (secondary N) is 1. The molecule has 2 aliphatic heterocycles. The molecule has 2 rings (SSSR count). The molecule has 0 aliphatic carbocycles. The summed E-state index contributed by atoms with van der Waals surface area (Å²) >= 11 is 0. The summed E-state index contributed by atoms with van der Waals surface area (Å²) in [6.07, 6.45) is 4.06. The van der Waals surface area contributed by atoms with E-state index in [1.165, 1.54) is 6.26 Å². The van der Waals surface area contributed by atoms with Crippen LogP contribution in [0.3, 0.4) is 0 Å². The minimum atomic E-state index is -3.04. The van der Waals surface area contributed by atoms with E-state index in [0.717, 1.165) is 32.4 Å². The van der Waals surface area contributed by atoms with E-state index in [-0.39, 0.29) is 16.9 Å². The molecule has 2 fully saturated rings. The highest BCUT2D eigenvalue weighted by molar-refractivity contribution is 7.91. The molecular weight excluding hydrogens is 278 g/mol. The van der Waals surface area contributed by atoms with E-state index in [0.29, 0.717) is 19.1 Å². The maximum atomic E-state index is 11.9. The van der Waals surface area contributed by atoms with Gasteiger partial charge in [-0.15, -0.1) is 0 Å². The molecule has 0 amide bonds. The molecule has 4 unspecified atom stereocenters. The van der Waals surface area contributed by atoms with Crippen molar-refractivity contribution < 1.29 is 17.9 Å². The monoisotopic (exact) mass is 305 g/mol. The van der Waals surface area contributed by atoms with Crippen LogP contribution in [0.15, 0.2) is 0 Å². The second kappa shape index (κ2) is 6.30. The number of rotatable bonds is 5. The van der Waals surface area contributed by atoms with E-state index in [4.69, 9.17) is 9.47 Å². The molecule has 1 spiro atoms. The van der Waals surface area contributed by atoms with Crippen LogP contribution in [-0.4, -0.2) is 57.9 Å². The van der Waals surface area contributed by atoms with E-state index < -0.39 is 9.84 Å². The summed E-state index contributed by atoms with van der Waals surface area (Å²) in [6.45, 7) is 6.72. The third-order valence-electron chi connectivity index (χ3n) is 4.73. The van der Waals surface area contributed by atoms with E-state index in [2.05, 4.69) is 5.32 Å². The number of hydrogen-bond acceptors (Lipinski definition) is 5. The fraction of sp³-hybridized carbons (Fsp3) is 1.00. The molecule has 118 valence electrons. The van der Waals surface area contributed by atoms with Gasteiger partial charge >= 0.3 is 0 Å². The first kappa shape index (κ1) is 16.2. The molecule has 0 bridgehead atoms. The average Bonchev–Trinajstić information content (AvgIpc) is 2.82. The quantitative estimate of drug-likeness (QED) is 0.820. The molecule has 4 atom stereocenters. The van der Waals surface area contributed by atoms with E-state index >= 15 is 0 Å². The summed E-state index contributed by atoms with van der Waals surface area (Å²) in [4.78, 5) is 0. The second-order valence-electron chi connectivity index (χ2n) is 6.21. The van der Waals surface area contributed by atoms with Crippen molar-refractivity contribution in [2.45, 2.75) is 50.0 Å². The average molecular weight is 305 g/mol. The molecule has 0 aromatic carbocycles. The topological polar surface area (TPSA) is 64.6 Å². The third-order valence-corrected chi connectivity index (χ3v) is 6.37. The van der Waals surface area contributed by atoms with Gasteiger partial charge in [-0.05, 0) is 32.2 Å². The van der Waals surface area contributed by atoms with E-state index in [9.17, 15) is 8.42 Å². The first-order valence-corrected chi connectivity index (χ1v) is 9.47. The molecular formula is C14H27NO4S. The van der Waals surface area contributed by atoms with Crippen LogP contribution >= 0.6 is 0 Å². The summed E-state index contributed by atoms with van der Waals surface area (Å²) in [5.41, 5.74) is -0.173. The van der Waals surface area contributed by atoms with Gasteiger partial charge in [0.25, 0.3) is 0 Å². The molecule has 0 saturated carbocycles. The van der Waals surface area contributed by atoms with Crippen LogP contribution in [0, 0.1) is 5.92 Å². The highest BCUT2D eigenvalue weighted by Gasteiger charge is 2.44. The van der Waals surface area contributed by atoms with E-state index in [1.54, 1.807) is 0 Å². The fourth-order valence-electron chi connectivity index (χ4n) is 3.45. The lowest BCUT2D eigenvalue weighted by atomic mass is 9.80. The smallest absolute Gasteiger partial charge is 0.151 e. The summed E-state index contributed by atoms with van der Waals surface area (Å²) in [5, 5.41) is 3.02. The van der Waals surface area contributed by atoms with Gasteiger partial charge in [0.05, 0.1) is 17.5 Å². The molecule has 2 heterocycles. The lowest BCUT2D eigenvalue weighted by Gasteiger charge is -2.42. The lowest BCUT2D eigenvalue weighted by Crippen LogP contribution is -2.52. The van der Waals surface area contributed by atoms with Crippen LogP contribution in [0.25, 0.3) is 0 Å². The summed E-state index contributed by atoms with van der Waals surface area (Å²) in [5.74, 6) is 0.329. The molecule has 0 aromatic rings. The molecule has 20 heavy (non-hydrogen) atoms. The second-order valence-corrected chi connectivity index (χ2v) is 8.61. The van der Waals surface area contributed by atoms with Crippen molar-refractivity contribution in [2.75, 3.05) is 32.6 Å². The minimum Gasteiger partial charge on any atom is -0.378 e. The Hall–Kier alpha value is -0.170. The fourth-order valence-corrected chi connectivity index (χ4v) is 4.30. The molecule has 1 N–H and O–H groups in total. The van der Waals surface area contributed by atoms with E-state index in [1.807, 2.05) is 13.8 Å². The number of sulfone groups is 1. The zero-order chi connectivity index (χ0) is 14.8. The van der Waals surface area contributed by atoms with Gasteiger partial charge in [-0.25, -0.2) is 8.42 Å². The van der Waals surface area contributed by atoms with Gasteiger partial charge in [-0.2, -0.15) is 0 Å². The lowest BCUT2D eigenvalue weighted by molar-refractivity contribution is -0.103. The zero-order valence-electron chi connectivity index (χ0n) is 12.7. The van der Waals surface area contributed by atoms with Crippen molar-refractivity contribution in [3.05, 3.63) is 0 Å². The van der Waals surface area contributed by atoms with Gasteiger partial charge in [0.1, 0.15) is 0 Å². The van der Waals surface area contributed by atoms with Crippen LogP contribution < -0.4 is 5.32 Å². The Morgan fingerprint density at radius 3 is 2.70 bits per heavy atom. The normalized spacial score (nSPS) is 34.2. The summed E-state index contributed by atoms with van der Waals surface area (Å²) < 4.78 is 35.3. The predicted octanol–water partition coefficient (Wildman–Crippen LogP) is 0.983. The summed E-state index contributed by atoms with van der Waals surface area (Å²) in [7, 11) is -3.04. The van der Waals surface area contributed by atoms with Crippen molar-refractivity contribution in [1.29, 1.82) is 0 Å². The SMILES string of the molecule is CCNC(C1CCOC2(CCOC2)C1)C(C)S(C)(=O)=O. The van der Waals surface area contributed by atoms with Gasteiger partial charge in [0, 0.05) is 31.9 Å². The third kappa shape index (κ3) is 3.53. The van der Waals surface area contributed by atoms with Crippen molar-refractivity contribution in [3.63, 3.8) is 0 Å². The Balaban J connectivity index is 2.12. The number of ether oxygens (including phenoxy) is 2. The largest absolute Gasteiger partial charge is 0.378 e.